The van der Waals surface area contributed by atoms with E-state index < -0.39 is 0 Å². The summed E-state index contributed by atoms with van der Waals surface area (Å²) in [4.78, 5) is 7.23. The summed E-state index contributed by atoms with van der Waals surface area (Å²) < 4.78 is 8.80. The Morgan fingerprint density at radius 1 is 0.648 bits per heavy atom. The van der Waals surface area contributed by atoms with Crippen LogP contribution < -0.4 is 26.0 Å². The molecule has 0 amide bonds. The molecule has 0 aliphatic carbocycles. The highest BCUT2D eigenvalue weighted by molar-refractivity contribution is 6.99. The van der Waals surface area contributed by atoms with E-state index in [0.717, 1.165) is 56.5 Å². The van der Waals surface area contributed by atoms with Crippen molar-refractivity contribution in [3.8, 4) is 39.6 Å². The average molecular weight is 705 g/mol. The third-order valence-corrected chi connectivity index (χ3v) is 11.1. The predicted octanol–water partition coefficient (Wildman–Crippen LogP) is 10.6. The zero-order valence-electron chi connectivity index (χ0n) is 32.1. The van der Waals surface area contributed by atoms with Gasteiger partial charge in [0.2, 0.25) is 0 Å². The second-order valence-corrected chi connectivity index (χ2v) is 16.4. The van der Waals surface area contributed by atoms with E-state index >= 15 is 0 Å². The van der Waals surface area contributed by atoms with Crippen LogP contribution in [0.1, 0.15) is 77.0 Å². The summed E-state index contributed by atoms with van der Waals surface area (Å²) >= 11 is 0. The number of anilines is 3. The number of ether oxygens (including phenoxy) is 1. The first-order valence-corrected chi connectivity index (χ1v) is 19.2. The summed E-state index contributed by atoms with van der Waals surface area (Å²) in [6.07, 6.45) is 6.17. The first-order chi connectivity index (χ1) is 26.1. The zero-order valence-corrected chi connectivity index (χ0v) is 32.1. The molecule has 54 heavy (non-hydrogen) atoms. The van der Waals surface area contributed by atoms with E-state index in [1.54, 1.807) is 0 Å². The molecule has 5 nitrogen and oxygen atoms in total. The molecule has 2 aliphatic heterocycles. The van der Waals surface area contributed by atoms with Crippen molar-refractivity contribution < 1.29 is 4.74 Å². The van der Waals surface area contributed by atoms with Crippen LogP contribution in [0.3, 0.4) is 0 Å². The van der Waals surface area contributed by atoms with E-state index in [-0.39, 0.29) is 12.1 Å². The lowest BCUT2D eigenvalue weighted by atomic mass is 9.34. The molecule has 0 atom stereocenters. The summed E-state index contributed by atoms with van der Waals surface area (Å²) in [5.74, 6) is 2.55. The third kappa shape index (κ3) is 5.63. The van der Waals surface area contributed by atoms with Crippen LogP contribution in [0.5, 0.6) is 11.5 Å². The molecule has 0 unspecified atom stereocenters. The van der Waals surface area contributed by atoms with E-state index in [1.165, 1.54) is 33.2 Å². The SMILES string of the molecule is CC(C)c1cccc(C(C)C)c1-c1cnn(-c2ccc3c(c2)B2c4cc(-c5cc(C(C)(C)C)ccn5)ccc4Oc4cccc(c42)N3c2ccccc2)c1. The molecule has 0 fully saturated rings. The molecule has 266 valence electrons. The molecule has 0 saturated heterocycles. The summed E-state index contributed by atoms with van der Waals surface area (Å²) in [7, 11) is 0. The Hall–Kier alpha value is -5.88. The number of fused-ring (bicyclic) bond motifs is 4. The van der Waals surface area contributed by atoms with E-state index in [0.29, 0.717) is 11.8 Å². The molecule has 5 aromatic carbocycles. The second kappa shape index (κ2) is 12.9. The Morgan fingerprint density at radius 2 is 1.41 bits per heavy atom. The van der Waals surface area contributed by atoms with E-state index in [4.69, 9.17) is 14.8 Å². The highest BCUT2D eigenvalue weighted by Crippen LogP contribution is 2.42. The minimum atomic E-state index is -0.0649. The van der Waals surface area contributed by atoms with Crippen molar-refractivity contribution in [3.05, 3.63) is 151 Å². The molecule has 0 saturated carbocycles. The monoisotopic (exact) mass is 704 g/mol. The molecule has 0 N–H and O–H groups in total. The van der Waals surface area contributed by atoms with Gasteiger partial charge < -0.3 is 9.64 Å². The standard InChI is InChI=1S/C48H45BN4O/c1-30(2)37-15-11-16-38(31(3)4)46(37)33-28-51-52(29-33)36-20-21-42-39(27-36)49-40-25-32(41-26-34(23-24-50-41)48(5,6)7)19-22-44(40)54-45-18-12-17-43(47(45)49)53(42)35-13-9-8-10-14-35/h8-31H,1-7H3. The van der Waals surface area contributed by atoms with Crippen LogP contribution >= 0.6 is 0 Å². The fraction of sp³-hybridized carbons (Fsp3) is 0.208. The van der Waals surface area contributed by atoms with Crippen LogP contribution in [-0.4, -0.2) is 21.5 Å². The minimum Gasteiger partial charge on any atom is -0.458 e. The van der Waals surface area contributed by atoms with Gasteiger partial charge in [0, 0.05) is 35.0 Å². The number of benzene rings is 5. The maximum absolute atomic E-state index is 6.76. The lowest BCUT2D eigenvalue weighted by molar-refractivity contribution is 0.487. The Morgan fingerprint density at radius 3 is 2.15 bits per heavy atom. The predicted molar refractivity (Wildman–Crippen MR) is 225 cm³/mol. The number of rotatable bonds is 6. The highest BCUT2D eigenvalue weighted by Gasteiger charge is 2.42. The van der Waals surface area contributed by atoms with Gasteiger partial charge in [-0.1, -0.05) is 97.0 Å². The summed E-state index contributed by atoms with van der Waals surface area (Å²) in [5.41, 5.74) is 16.4. The fourth-order valence-corrected chi connectivity index (χ4v) is 8.37. The van der Waals surface area contributed by atoms with E-state index in [1.807, 2.05) is 17.1 Å². The maximum Gasteiger partial charge on any atom is 0.256 e. The average Bonchev–Trinajstić information content (AvgIpc) is 3.67. The molecule has 0 bridgehead atoms. The lowest BCUT2D eigenvalue weighted by Crippen LogP contribution is -2.59. The van der Waals surface area contributed by atoms with Crippen molar-refractivity contribution in [2.75, 3.05) is 4.90 Å². The van der Waals surface area contributed by atoms with Gasteiger partial charge >= 0.3 is 0 Å². The van der Waals surface area contributed by atoms with Crippen molar-refractivity contribution in [1.82, 2.24) is 14.8 Å². The minimum absolute atomic E-state index is 0.0159. The van der Waals surface area contributed by atoms with Crippen LogP contribution in [0.2, 0.25) is 0 Å². The van der Waals surface area contributed by atoms with Crippen molar-refractivity contribution in [2.24, 2.45) is 0 Å². The summed E-state index contributed by atoms with van der Waals surface area (Å²) in [6, 6.07) is 41.5. The second-order valence-electron chi connectivity index (χ2n) is 16.4. The summed E-state index contributed by atoms with van der Waals surface area (Å²) in [6.45, 7) is 15.8. The quantitative estimate of drug-likeness (QED) is 0.162. The van der Waals surface area contributed by atoms with Gasteiger partial charge in [0.05, 0.1) is 17.6 Å². The van der Waals surface area contributed by atoms with Crippen molar-refractivity contribution in [2.45, 2.75) is 65.7 Å². The van der Waals surface area contributed by atoms with Crippen LogP contribution in [-0.2, 0) is 5.41 Å². The number of hydrogen-bond acceptors (Lipinski definition) is 4. The smallest absolute Gasteiger partial charge is 0.256 e. The molecule has 7 aromatic rings. The van der Waals surface area contributed by atoms with Crippen LogP contribution in [0.25, 0.3) is 28.1 Å². The topological polar surface area (TPSA) is 43.2 Å². The molecule has 9 rings (SSSR count). The lowest BCUT2D eigenvalue weighted by Gasteiger charge is -2.40. The van der Waals surface area contributed by atoms with E-state index in [9.17, 15) is 0 Å². The molecule has 6 heteroatoms. The summed E-state index contributed by atoms with van der Waals surface area (Å²) in [5, 5.41) is 5.01. The normalized spacial score (nSPS) is 13.1. The highest BCUT2D eigenvalue weighted by atomic mass is 16.5. The van der Waals surface area contributed by atoms with E-state index in [2.05, 4.69) is 175 Å². The first kappa shape index (κ1) is 33.9. The molecular weight excluding hydrogens is 659 g/mol. The van der Waals surface area contributed by atoms with Gasteiger partial charge in [-0.15, -0.1) is 0 Å². The maximum atomic E-state index is 6.76. The number of pyridine rings is 1. The Balaban J connectivity index is 1.23. The van der Waals surface area contributed by atoms with Gasteiger partial charge in [0.25, 0.3) is 6.71 Å². The van der Waals surface area contributed by atoms with Gasteiger partial charge in [0.15, 0.2) is 0 Å². The molecule has 4 heterocycles. The van der Waals surface area contributed by atoms with Gasteiger partial charge in [-0.25, -0.2) is 4.68 Å². The van der Waals surface area contributed by atoms with Gasteiger partial charge in [-0.05, 0) is 128 Å². The van der Waals surface area contributed by atoms with Crippen molar-refractivity contribution in [3.63, 3.8) is 0 Å². The fourth-order valence-electron chi connectivity index (χ4n) is 8.37. The molecular formula is C48H45BN4O. The molecule has 2 aromatic heterocycles. The van der Waals surface area contributed by atoms with Gasteiger partial charge in [-0.2, -0.15) is 5.10 Å². The van der Waals surface area contributed by atoms with Crippen molar-refractivity contribution in [1.29, 1.82) is 0 Å². The van der Waals surface area contributed by atoms with Gasteiger partial charge in [0.1, 0.15) is 11.5 Å². The van der Waals surface area contributed by atoms with Crippen molar-refractivity contribution >= 4 is 40.2 Å². The Kier molecular flexibility index (Phi) is 8.11. The molecule has 2 aliphatic rings. The Labute approximate surface area is 319 Å². The third-order valence-electron chi connectivity index (χ3n) is 11.1. The number of para-hydroxylation sites is 1. The molecule has 0 spiro atoms. The largest absolute Gasteiger partial charge is 0.458 e. The molecule has 0 radical (unpaired) electrons. The van der Waals surface area contributed by atoms with Crippen LogP contribution in [0.4, 0.5) is 17.1 Å². The van der Waals surface area contributed by atoms with Crippen LogP contribution in [0.15, 0.2) is 134 Å². The first-order valence-electron chi connectivity index (χ1n) is 19.2. The Bertz CT molecular complexity index is 2520. The zero-order chi connectivity index (χ0) is 37.3. The number of aromatic nitrogens is 3. The number of hydrogen-bond donors (Lipinski definition) is 0. The van der Waals surface area contributed by atoms with Gasteiger partial charge in [-0.3, -0.25) is 4.98 Å². The van der Waals surface area contributed by atoms with Crippen LogP contribution in [0, 0.1) is 0 Å². The number of nitrogens with zero attached hydrogens (tertiary/aromatic N) is 4.